The molecule has 0 aliphatic carbocycles. The van der Waals surface area contributed by atoms with Crippen LogP contribution in [-0.4, -0.2) is 18.0 Å². The minimum absolute atomic E-state index is 0.145. The molecule has 112 valence electrons. The lowest BCUT2D eigenvalue weighted by atomic mass is 10.1. The molecule has 3 rings (SSSR count). The van der Waals surface area contributed by atoms with E-state index in [1.54, 1.807) is 7.11 Å². The van der Waals surface area contributed by atoms with E-state index in [0.717, 1.165) is 21.3 Å². The van der Waals surface area contributed by atoms with Crippen molar-refractivity contribution in [2.75, 3.05) is 12.4 Å². The van der Waals surface area contributed by atoms with E-state index in [4.69, 9.17) is 4.74 Å². The molecule has 0 radical (unpaired) electrons. The van der Waals surface area contributed by atoms with Gasteiger partial charge >= 0.3 is 0 Å². The Bertz CT molecular complexity index is 855. The Morgan fingerprint density at radius 2 is 1.91 bits per heavy atom. The van der Waals surface area contributed by atoms with Gasteiger partial charge in [-0.25, -0.2) is 4.98 Å². The molecule has 2 aromatic carbocycles. The number of hydrogen-bond donors (Lipinski definition) is 1. The van der Waals surface area contributed by atoms with Gasteiger partial charge in [-0.15, -0.1) is 0 Å². The molecule has 0 atom stereocenters. The smallest absolute Gasteiger partial charge is 0.257 e. The number of carbonyl (C=O) groups is 1. The van der Waals surface area contributed by atoms with Gasteiger partial charge in [0.1, 0.15) is 11.3 Å². The Morgan fingerprint density at radius 1 is 1.14 bits per heavy atom. The maximum atomic E-state index is 12.4. The zero-order valence-corrected chi connectivity index (χ0v) is 13.5. The maximum Gasteiger partial charge on any atom is 0.257 e. The van der Waals surface area contributed by atoms with E-state index >= 15 is 0 Å². The van der Waals surface area contributed by atoms with Crippen LogP contribution in [0, 0.1) is 13.8 Å². The number of rotatable bonds is 3. The number of amides is 1. The predicted octanol–water partition coefficient (Wildman–Crippen LogP) is 4.17. The Balaban J connectivity index is 1.96. The number of thiazole rings is 1. The van der Waals surface area contributed by atoms with E-state index in [1.807, 2.05) is 50.2 Å². The van der Waals surface area contributed by atoms with Crippen molar-refractivity contribution in [3.63, 3.8) is 0 Å². The first-order valence-electron chi connectivity index (χ1n) is 6.91. The van der Waals surface area contributed by atoms with Gasteiger partial charge in [-0.05, 0) is 37.1 Å². The second-order valence-corrected chi connectivity index (χ2v) is 6.05. The standard InChI is InChI=1S/C17H16N2O2S/c1-10-6-4-5-7-12(10)16(20)19-17-18-14-13(21-3)9-8-11(2)15(14)22-17/h4-9H,1-3H3,(H,18,19,20). The molecule has 1 heterocycles. The lowest BCUT2D eigenvalue weighted by Gasteiger charge is -2.04. The summed E-state index contributed by atoms with van der Waals surface area (Å²) >= 11 is 1.46. The highest BCUT2D eigenvalue weighted by Gasteiger charge is 2.14. The molecule has 0 spiro atoms. The fourth-order valence-corrected chi connectivity index (χ4v) is 3.27. The summed E-state index contributed by atoms with van der Waals surface area (Å²) in [7, 11) is 1.62. The molecule has 0 aliphatic rings. The number of ether oxygens (including phenoxy) is 1. The topological polar surface area (TPSA) is 51.2 Å². The third kappa shape index (κ3) is 2.55. The summed E-state index contributed by atoms with van der Waals surface area (Å²) in [5, 5.41) is 3.46. The Morgan fingerprint density at radius 3 is 2.64 bits per heavy atom. The van der Waals surface area contributed by atoms with E-state index in [1.165, 1.54) is 11.3 Å². The molecule has 0 saturated heterocycles. The number of aromatic nitrogens is 1. The summed E-state index contributed by atoms with van der Waals surface area (Å²) < 4.78 is 6.36. The molecule has 1 N–H and O–H groups in total. The largest absolute Gasteiger partial charge is 0.494 e. The number of fused-ring (bicyclic) bond motifs is 1. The second-order valence-electron chi connectivity index (χ2n) is 5.05. The quantitative estimate of drug-likeness (QED) is 0.789. The summed E-state index contributed by atoms with van der Waals surface area (Å²) in [6, 6.07) is 11.4. The highest BCUT2D eigenvalue weighted by molar-refractivity contribution is 7.22. The number of methoxy groups -OCH3 is 1. The molecule has 1 aromatic heterocycles. The second kappa shape index (κ2) is 5.77. The van der Waals surface area contributed by atoms with Crippen LogP contribution in [0.5, 0.6) is 5.75 Å². The van der Waals surface area contributed by atoms with E-state index in [-0.39, 0.29) is 5.91 Å². The SMILES string of the molecule is COc1ccc(C)c2sc(NC(=O)c3ccccc3C)nc12. The van der Waals surface area contributed by atoms with Gasteiger partial charge in [0, 0.05) is 5.56 Å². The summed E-state index contributed by atoms with van der Waals surface area (Å²) in [6.07, 6.45) is 0. The fourth-order valence-electron chi connectivity index (χ4n) is 2.32. The zero-order valence-electron chi connectivity index (χ0n) is 12.6. The molecule has 3 aromatic rings. The summed E-state index contributed by atoms with van der Waals surface area (Å²) in [5.74, 6) is 0.571. The van der Waals surface area contributed by atoms with Crippen LogP contribution in [0.3, 0.4) is 0 Å². The minimum Gasteiger partial charge on any atom is -0.494 e. The summed E-state index contributed by atoms with van der Waals surface area (Å²) in [5.41, 5.74) is 3.50. The number of hydrogen-bond acceptors (Lipinski definition) is 4. The molecule has 1 amide bonds. The number of nitrogens with zero attached hydrogens (tertiary/aromatic N) is 1. The number of nitrogens with one attached hydrogen (secondary N) is 1. The molecular weight excluding hydrogens is 296 g/mol. The molecule has 4 nitrogen and oxygen atoms in total. The number of benzene rings is 2. The van der Waals surface area contributed by atoms with Crippen LogP contribution in [0.1, 0.15) is 21.5 Å². The van der Waals surface area contributed by atoms with Crippen molar-refractivity contribution in [2.45, 2.75) is 13.8 Å². The molecule has 0 bridgehead atoms. The van der Waals surface area contributed by atoms with Gasteiger partial charge in [-0.1, -0.05) is 35.6 Å². The van der Waals surface area contributed by atoms with Crippen LogP contribution < -0.4 is 10.1 Å². The van der Waals surface area contributed by atoms with E-state index in [9.17, 15) is 4.79 Å². The van der Waals surface area contributed by atoms with Gasteiger partial charge in [-0.3, -0.25) is 10.1 Å². The van der Waals surface area contributed by atoms with Gasteiger partial charge in [0.05, 0.1) is 11.8 Å². The van der Waals surface area contributed by atoms with Gasteiger partial charge < -0.3 is 4.74 Å². The van der Waals surface area contributed by atoms with Gasteiger partial charge in [0.15, 0.2) is 5.13 Å². The van der Waals surface area contributed by atoms with Crippen LogP contribution >= 0.6 is 11.3 Å². The molecule has 0 unspecified atom stereocenters. The first-order chi connectivity index (χ1) is 10.6. The normalized spacial score (nSPS) is 10.7. The first kappa shape index (κ1) is 14.5. The van der Waals surface area contributed by atoms with Gasteiger partial charge in [-0.2, -0.15) is 0 Å². The van der Waals surface area contributed by atoms with Crippen LogP contribution in [0.2, 0.25) is 0 Å². The van der Waals surface area contributed by atoms with Crippen molar-refractivity contribution < 1.29 is 9.53 Å². The third-order valence-electron chi connectivity index (χ3n) is 3.53. The predicted molar refractivity (Wildman–Crippen MR) is 90.0 cm³/mol. The molecular formula is C17H16N2O2S. The molecule has 0 aliphatic heterocycles. The van der Waals surface area contributed by atoms with Gasteiger partial charge in [0.2, 0.25) is 0 Å². The van der Waals surface area contributed by atoms with Crippen molar-refractivity contribution in [2.24, 2.45) is 0 Å². The first-order valence-corrected chi connectivity index (χ1v) is 7.73. The van der Waals surface area contributed by atoms with Crippen molar-refractivity contribution in [3.05, 3.63) is 53.1 Å². The maximum absolute atomic E-state index is 12.4. The number of carbonyl (C=O) groups excluding carboxylic acids is 1. The molecule has 0 saturated carbocycles. The average molecular weight is 312 g/mol. The Labute approximate surface area is 132 Å². The lowest BCUT2D eigenvalue weighted by molar-refractivity contribution is 0.102. The van der Waals surface area contributed by atoms with Crippen molar-refractivity contribution in [1.82, 2.24) is 4.98 Å². The molecule has 5 heteroatoms. The molecule has 0 fully saturated rings. The van der Waals surface area contributed by atoms with Crippen LogP contribution in [0.25, 0.3) is 10.2 Å². The Kier molecular flexibility index (Phi) is 3.81. The zero-order chi connectivity index (χ0) is 15.7. The van der Waals surface area contributed by atoms with Crippen LogP contribution in [0.4, 0.5) is 5.13 Å². The lowest BCUT2D eigenvalue weighted by Crippen LogP contribution is -2.12. The highest BCUT2D eigenvalue weighted by Crippen LogP contribution is 2.34. The summed E-state index contributed by atoms with van der Waals surface area (Å²) in [4.78, 5) is 16.9. The number of anilines is 1. The van der Waals surface area contributed by atoms with Crippen LogP contribution in [0.15, 0.2) is 36.4 Å². The summed E-state index contributed by atoms with van der Waals surface area (Å²) in [6.45, 7) is 3.94. The van der Waals surface area contributed by atoms with E-state index < -0.39 is 0 Å². The number of aryl methyl sites for hydroxylation is 2. The molecule has 22 heavy (non-hydrogen) atoms. The van der Waals surface area contributed by atoms with Crippen molar-refractivity contribution in [3.8, 4) is 5.75 Å². The highest BCUT2D eigenvalue weighted by atomic mass is 32.1. The average Bonchev–Trinajstić information content (AvgIpc) is 2.92. The van der Waals surface area contributed by atoms with Crippen LogP contribution in [-0.2, 0) is 0 Å². The third-order valence-corrected chi connectivity index (χ3v) is 4.64. The Hall–Kier alpha value is -2.40. The minimum atomic E-state index is -0.145. The van der Waals surface area contributed by atoms with E-state index in [0.29, 0.717) is 16.4 Å². The monoisotopic (exact) mass is 312 g/mol. The van der Waals surface area contributed by atoms with Crippen molar-refractivity contribution >= 4 is 32.6 Å². The fraction of sp³-hybridized carbons (Fsp3) is 0.176. The van der Waals surface area contributed by atoms with Gasteiger partial charge in [0.25, 0.3) is 5.91 Å². The van der Waals surface area contributed by atoms with Crippen molar-refractivity contribution in [1.29, 1.82) is 0 Å². The van der Waals surface area contributed by atoms with E-state index in [2.05, 4.69) is 10.3 Å².